The lowest BCUT2D eigenvalue weighted by molar-refractivity contribution is -0.139. The number of hydrogen-bond acceptors (Lipinski definition) is 3. The monoisotopic (exact) mass is 434 g/mol. The van der Waals surface area contributed by atoms with Crippen LogP contribution in [0, 0.1) is 13.8 Å². The van der Waals surface area contributed by atoms with Crippen LogP contribution in [-0.4, -0.2) is 28.6 Å². The van der Waals surface area contributed by atoms with Crippen molar-refractivity contribution in [1.29, 1.82) is 0 Å². The molecule has 2 N–H and O–H groups in total. The van der Waals surface area contributed by atoms with E-state index in [-0.39, 0.29) is 6.04 Å². The number of nitrogens with one attached hydrogen (secondary N) is 2. The number of carbonyl (C=O) groups is 2. The highest BCUT2D eigenvalue weighted by Gasteiger charge is 2.20. The van der Waals surface area contributed by atoms with Gasteiger partial charge in [-0.05, 0) is 51.0 Å². The Morgan fingerprint density at radius 2 is 1.83 bits per heavy atom. The predicted molar refractivity (Wildman–Crippen MR) is 116 cm³/mol. The van der Waals surface area contributed by atoms with Gasteiger partial charge in [0, 0.05) is 28.0 Å². The number of amides is 2. The number of halogens is 2. The fourth-order valence-corrected chi connectivity index (χ4v) is 4.15. The second-order valence-electron chi connectivity index (χ2n) is 7.27. The molecule has 1 fully saturated rings. The van der Waals surface area contributed by atoms with Gasteiger partial charge >= 0.3 is 11.8 Å². The van der Waals surface area contributed by atoms with Crippen LogP contribution in [0.25, 0.3) is 5.69 Å². The summed E-state index contributed by atoms with van der Waals surface area (Å²) in [6, 6.07) is 7.33. The lowest BCUT2D eigenvalue weighted by Gasteiger charge is -2.22. The molecule has 1 aliphatic rings. The molecule has 0 radical (unpaired) electrons. The number of nitrogens with zero attached hydrogens (tertiary/aromatic N) is 2. The molecule has 1 saturated carbocycles. The Morgan fingerprint density at radius 1 is 1.10 bits per heavy atom. The van der Waals surface area contributed by atoms with Crippen molar-refractivity contribution in [2.45, 2.75) is 52.0 Å². The Kier molecular flexibility index (Phi) is 6.98. The summed E-state index contributed by atoms with van der Waals surface area (Å²) in [5.74, 6) is -1.41. The highest BCUT2D eigenvalue weighted by Crippen LogP contribution is 2.28. The molecule has 0 aliphatic heterocycles. The fourth-order valence-electron chi connectivity index (χ4n) is 3.66. The Hall–Kier alpha value is -2.31. The summed E-state index contributed by atoms with van der Waals surface area (Å²) < 4.78 is 1.98. The van der Waals surface area contributed by atoms with Gasteiger partial charge in [0.1, 0.15) is 0 Å². The molecule has 29 heavy (non-hydrogen) atoms. The Labute approximate surface area is 180 Å². The molecule has 0 bridgehead atoms. The molecule has 0 saturated heterocycles. The molecule has 154 valence electrons. The zero-order chi connectivity index (χ0) is 21.0. The smallest absolute Gasteiger partial charge is 0.329 e. The van der Waals surface area contributed by atoms with E-state index in [2.05, 4.69) is 15.8 Å². The molecule has 0 unspecified atom stereocenters. The third-order valence-corrected chi connectivity index (χ3v) is 5.68. The maximum absolute atomic E-state index is 12.0. The number of aromatic nitrogens is 1. The third kappa shape index (κ3) is 5.19. The van der Waals surface area contributed by atoms with Gasteiger partial charge in [0.15, 0.2) is 0 Å². The van der Waals surface area contributed by atoms with Gasteiger partial charge in [0.05, 0.1) is 16.9 Å². The molecule has 1 aliphatic carbocycles. The first-order chi connectivity index (χ1) is 13.9. The number of rotatable bonds is 4. The quantitative estimate of drug-likeness (QED) is 0.427. The van der Waals surface area contributed by atoms with Gasteiger partial charge in [-0.15, -0.1) is 0 Å². The normalized spacial score (nSPS) is 14.9. The van der Waals surface area contributed by atoms with Gasteiger partial charge in [0.25, 0.3) is 0 Å². The Bertz CT molecular complexity index is 946. The molecule has 0 atom stereocenters. The summed E-state index contributed by atoms with van der Waals surface area (Å²) >= 11 is 12.3. The van der Waals surface area contributed by atoms with Gasteiger partial charge in [-0.1, -0.05) is 42.5 Å². The predicted octanol–water partition coefficient (Wildman–Crippen LogP) is 4.30. The SMILES string of the molecule is Cc1cc(C=NNC(=O)C(=O)NC2CCCCC2)c(C)n1-c1ccc(Cl)cc1Cl. The number of hydrogen-bond donors (Lipinski definition) is 2. The second-order valence-corrected chi connectivity index (χ2v) is 8.11. The van der Waals surface area contributed by atoms with E-state index in [1.54, 1.807) is 12.1 Å². The van der Waals surface area contributed by atoms with Crippen LogP contribution in [0.4, 0.5) is 0 Å². The lowest BCUT2D eigenvalue weighted by Crippen LogP contribution is -2.44. The van der Waals surface area contributed by atoms with E-state index in [1.807, 2.05) is 30.5 Å². The van der Waals surface area contributed by atoms with E-state index in [1.165, 1.54) is 12.6 Å². The molecule has 2 amide bonds. The number of carbonyl (C=O) groups excluding carboxylic acids is 2. The topological polar surface area (TPSA) is 75.5 Å². The number of aryl methyl sites for hydroxylation is 1. The first-order valence-electron chi connectivity index (χ1n) is 9.65. The molecule has 3 rings (SSSR count). The van der Waals surface area contributed by atoms with Crippen LogP contribution < -0.4 is 10.7 Å². The van der Waals surface area contributed by atoms with Gasteiger partial charge in [-0.25, -0.2) is 5.43 Å². The Balaban J connectivity index is 1.66. The molecule has 2 aromatic rings. The fraction of sp³-hybridized carbons (Fsp3) is 0.381. The van der Waals surface area contributed by atoms with Crippen LogP contribution in [0.2, 0.25) is 10.0 Å². The van der Waals surface area contributed by atoms with Gasteiger partial charge in [-0.3, -0.25) is 9.59 Å². The van der Waals surface area contributed by atoms with Crippen molar-refractivity contribution in [3.8, 4) is 5.69 Å². The standard InChI is InChI=1S/C21H24Cl2N4O2/c1-13-10-15(14(2)27(13)19-9-8-16(22)11-18(19)23)12-24-26-21(29)20(28)25-17-6-4-3-5-7-17/h8-12,17H,3-7H2,1-2H3,(H,25,28)(H,26,29). The van der Waals surface area contributed by atoms with Crippen LogP contribution in [-0.2, 0) is 9.59 Å². The van der Waals surface area contributed by atoms with Gasteiger partial charge in [0.2, 0.25) is 0 Å². The summed E-state index contributed by atoms with van der Waals surface area (Å²) in [7, 11) is 0. The average molecular weight is 435 g/mol. The van der Waals surface area contributed by atoms with Crippen LogP contribution in [0.5, 0.6) is 0 Å². The molecule has 8 heteroatoms. The van der Waals surface area contributed by atoms with Crippen molar-refractivity contribution in [3.63, 3.8) is 0 Å². The van der Waals surface area contributed by atoms with Crippen LogP contribution in [0.3, 0.4) is 0 Å². The van der Waals surface area contributed by atoms with Crippen molar-refractivity contribution in [1.82, 2.24) is 15.3 Å². The maximum atomic E-state index is 12.0. The second kappa shape index (κ2) is 9.46. The van der Waals surface area contributed by atoms with E-state index < -0.39 is 11.8 Å². The van der Waals surface area contributed by atoms with E-state index in [0.717, 1.165) is 48.3 Å². The largest absolute Gasteiger partial charge is 0.345 e. The maximum Gasteiger partial charge on any atom is 0.329 e. The summed E-state index contributed by atoms with van der Waals surface area (Å²) in [6.45, 7) is 3.88. The first kappa shape index (κ1) is 21.4. The highest BCUT2D eigenvalue weighted by molar-refractivity contribution is 6.36. The minimum Gasteiger partial charge on any atom is -0.345 e. The molecule has 1 aromatic carbocycles. The number of benzene rings is 1. The minimum atomic E-state index is -0.763. The zero-order valence-electron chi connectivity index (χ0n) is 16.5. The van der Waals surface area contributed by atoms with Gasteiger partial charge < -0.3 is 9.88 Å². The molecule has 6 nitrogen and oxygen atoms in total. The summed E-state index contributed by atoms with van der Waals surface area (Å²) in [5.41, 5.74) is 5.77. The van der Waals surface area contributed by atoms with Crippen molar-refractivity contribution in [2.75, 3.05) is 0 Å². The van der Waals surface area contributed by atoms with E-state index in [4.69, 9.17) is 23.2 Å². The molecule has 1 aromatic heterocycles. The first-order valence-corrected chi connectivity index (χ1v) is 10.4. The average Bonchev–Trinajstić information content (AvgIpc) is 2.96. The number of hydrazone groups is 1. The zero-order valence-corrected chi connectivity index (χ0v) is 18.0. The van der Waals surface area contributed by atoms with Crippen molar-refractivity contribution < 1.29 is 9.59 Å². The molecule has 0 spiro atoms. The summed E-state index contributed by atoms with van der Waals surface area (Å²) in [6.07, 6.45) is 6.70. The molecule has 1 heterocycles. The highest BCUT2D eigenvalue weighted by atomic mass is 35.5. The van der Waals surface area contributed by atoms with Gasteiger partial charge in [-0.2, -0.15) is 5.10 Å². The van der Waals surface area contributed by atoms with Crippen molar-refractivity contribution >= 4 is 41.2 Å². The Morgan fingerprint density at radius 3 is 2.52 bits per heavy atom. The van der Waals surface area contributed by atoms with Crippen LogP contribution in [0.1, 0.15) is 49.1 Å². The minimum absolute atomic E-state index is 0.0778. The van der Waals surface area contributed by atoms with E-state index >= 15 is 0 Å². The van der Waals surface area contributed by atoms with Crippen LogP contribution in [0.15, 0.2) is 29.4 Å². The van der Waals surface area contributed by atoms with E-state index in [0.29, 0.717) is 10.0 Å². The van der Waals surface area contributed by atoms with E-state index in [9.17, 15) is 9.59 Å². The van der Waals surface area contributed by atoms with Crippen molar-refractivity contribution in [3.05, 3.63) is 51.3 Å². The lowest BCUT2D eigenvalue weighted by atomic mass is 9.95. The summed E-state index contributed by atoms with van der Waals surface area (Å²) in [4.78, 5) is 24.0. The van der Waals surface area contributed by atoms with Crippen LogP contribution >= 0.6 is 23.2 Å². The summed E-state index contributed by atoms with van der Waals surface area (Å²) in [5, 5.41) is 7.82. The van der Waals surface area contributed by atoms with Crippen molar-refractivity contribution in [2.24, 2.45) is 5.10 Å². The third-order valence-electron chi connectivity index (χ3n) is 5.14. The molecular formula is C21H24Cl2N4O2. The molecular weight excluding hydrogens is 411 g/mol.